The largest absolute Gasteiger partial charge is 0.489 e. The molecule has 0 aliphatic carbocycles. The Kier molecular flexibility index (Phi) is 5.59. The molecule has 2 rings (SSSR count). The second-order valence-corrected chi connectivity index (χ2v) is 4.63. The van der Waals surface area contributed by atoms with E-state index in [9.17, 15) is 4.79 Å². The number of carbonyl (C=O) groups is 1. The van der Waals surface area contributed by atoms with E-state index in [1.54, 1.807) is 43.8 Å². The number of halogens is 1. The van der Waals surface area contributed by atoms with Gasteiger partial charge in [-0.25, -0.2) is 4.79 Å². The zero-order valence-corrected chi connectivity index (χ0v) is 12.3. The molecule has 0 spiro atoms. The van der Waals surface area contributed by atoms with Crippen LogP contribution in [0.4, 0.5) is 10.5 Å². The Labute approximate surface area is 128 Å². The lowest BCUT2D eigenvalue weighted by Gasteiger charge is -2.20. The maximum atomic E-state index is 12.1. The van der Waals surface area contributed by atoms with Gasteiger partial charge < -0.3 is 14.8 Å². The number of ether oxygens (including phenoxy) is 2. The van der Waals surface area contributed by atoms with E-state index in [0.29, 0.717) is 29.7 Å². The van der Waals surface area contributed by atoms with Crippen molar-refractivity contribution in [3.63, 3.8) is 0 Å². The van der Waals surface area contributed by atoms with Crippen molar-refractivity contribution in [2.24, 2.45) is 4.99 Å². The minimum absolute atomic E-state index is 0.281. The van der Waals surface area contributed by atoms with Gasteiger partial charge in [-0.3, -0.25) is 9.89 Å². The Hall–Kier alpha value is -2.05. The van der Waals surface area contributed by atoms with E-state index < -0.39 is 0 Å². The molecule has 1 N–H and O–H groups in total. The van der Waals surface area contributed by atoms with Crippen LogP contribution in [-0.2, 0) is 4.74 Å². The number of anilines is 1. The lowest BCUT2D eigenvalue weighted by molar-refractivity contribution is 0.146. The highest BCUT2D eigenvalue weighted by Crippen LogP contribution is 2.28. The van der Waals surface area contributed by atoms with Crippen molar-refractivity contribution in [2.45, 2.75) is 0 Å². The van der Waals surface area contributed by atoms with Crippen molar-refractivity contribution >= 4 is 29.5 Å². The van der Waals surface area contributed by atoms with Crippen LogP contribution in [0.25, 0.3) is 0 Å². The summed E-state index contributed by atoms with van der Waals surface area (Å²) in [6, 6.07) is 4.74. The average molecular weight is 310 g/mol. The molecule has 0 fully saturated rings. The molecule has 2 amide bonds. The van der Waals surface area contributed by atoms with Crippen LogP contribution < -0.4 is 10.1 Å². The van der Waals surface area contributed by atoms with Gasteiger partial charge in [-0.1, -0.05) is 11.6 Å². The maximum absolute atomic E-state index is 12.1. The summed E-state index contributed by atoms with van der Waals surface area (Å²) >= 11 is 5.96. The Morgan fingerprint density at radius 2 is 2.33 bits per heavy atom. The van der Waals surface area contributed by atoms with Gasteiger partial charge >= 0.3 is 6.03 Å². The number of urea groups is 1. The van der Waals surface area contributed by atoms with Crippen molar-refractivity contribution in [1.82, 2.24) is 4.90 Å². The van der Waals surface area contributed by atoms with Crippen molar-refractivity contribution < 1.29 is 14.3 Å². The van der Waals surface area contributed by atoms with Crippen molar-refractivity contribution in [3.05, 3.63) is 35.5 Å². The van der Waals surface area contributed by atoms with E-state index in [-0.39, 0.29) is 12.7 Å². The number of aliphatic imine (C=N–C) groups is 1. The van der Waals surface area contributed by atoms with Gasteiger partial charge in [0.25, 0.3) is 0 Å². The summed E-state index contributed by atoms with van der Waals surface area (Å²) in [6.07, 6.45) is 4.98. The molecule has 112 valence electrons. The molecule has 0 saturated heterocycles. The number of methoxy groups -OCH3 is 1. The molecule has 0 saturated carbocycles. The first kappa shape index (κ1) is 15.3. The number of carbonyl (C=O) groups excluding carboxylic acids is 1. The van der Waals surface area contributed by atoms with Crippen LogP contribution in [0.15, 0.2) is 35.5 Å². The summed E-state index contributed by atoms with van der Waals surface area (Å²) in [5.74, 6) is 0.536. The molecule has 0 bridgehead atoms. The third-order valence-electron chi connectivity index (χ3n) is 2.68. The van der Waals surface area contributed by atoms with Gasteiger partial charge in [0.15, 0.2) is 0 Å². The lowest BCUT2D eigenvalue weighted by Crippen LogP contribution is -2.32. The fourth-order valence-corrected chi connectivity index (χ4v) is 1.84. The number of nitrogens with zero attached hydrogens (tertiary/aromatic N) is 2. The Bertz CT molecular complexity index is 560. The number of nitrogens with one attached hydrogen (secondary N) is 1. The molecule has 7 heteroatoms. The van der Waals surface area contributed by atoms with E-state index in [1.807, 2.05) is 0 Å². The summed E-state index contributed by atoms with van der Waals surface area (Å²) in [7, 11) is 1.59. The van der Waals surface area contributed by atoms with Gasteiger partial charge in [-0.15, -0.1) is 0 Å². The zero-order chi connectivity index (χ0) is 15.1. The zero-order valence-electron chi connectivity index (χ0n) is 11.6. The monoisotopic (exact) mass is 309 g/mol. The molecule has 1 aliphatic heterocycles. The molecular weight excluding hydrogens is 294 g/mol. The van der Waals surface area contributed by atoms with Crippen LogP contribution in [-0.4, -0.2) is 44.1 Å². The molecule has 1 aromatic rings. The van der Waals surface area contributed by atoms with E-state index >= 15 is 0 Å². The molecule has 1 aromatic carbocycles. The van der Waals surface area contributed by atoms with Crippen LogP contribution in [0.5, 0.6) is 5.75 Å². The van der Waals surface area contributed by atoms with Gasteiger partial charge in [0, 0.05) is 24.5 Å². The number of hydrogen-bond donors (Lipinski definition) is 1. The first-order valence-corrected chi connectivity index (χ1v) is 6.74. The normalized spacial score (nSPS) is 13.3. The van der Waals surface area contributed by atoms with Crippen LogP contribution in [0.1, 0.15) is 0 Å². The molecular formula is C14H16ClN3O3. The van der Waals surface area contributed by atoms with Crippen LogP contribution >= 0.6 is 11.6 Å². The van der Waals surface area contributed by atoms with Crippen LogP contribution in [0, 0.1) is 0 Å². The van der Waals surface area contributed by atoms with Gasteiger partial charge in [0.1, 0.15) is 19.0 Å². The van der Waals surface area contributed by atoms with Gasteiger partial charge in [0.05, 0.1) is 12.3 Å². The summed E-state index contributed by atoms with van der Waals surface area (Å²) in [6.45, 7) is 1.12. The predicted octanol–water partition coefficient (Wildman–Crippen LogP) is 2.75. The minimum atomic E-state index is -0.304. The first-order chi connectivity index (χ1) is 10.2. The number of benzene rings is 1. The third-order valence-corrected chi connectivity index (χ3v) is 2.92. The van der Waals surface area contributed by atoms with Crippen molar-refractivity contribution in [1.29, 1.82) is 0 Å². The number of allylic oxidation sites excluding steroid dienone is 1. The molecule has 6 nitrogen and oxygen atoms in total. The van der Waals surface area contributed by atoms with Crippen molar-refractivity contribution in [2.75, 3.05) is 32.3 Å². The quantitative estimate of drug-likeness (QED) is 0.851. The van der Waals surface area contributed by atoms with Gasteiger partial charge in [0.2, 0.25) is 0 Å². The second kappa shape index (κ2) is 7.66. The SMILES string of the molecule is COCCOc1ccc(Cl)cc1NC(=O)N1C=CC=NC1. The van der Waals surface area contributed by atoms with E-state index in [2.05, 4.69) is 10.3 Å². The summed E-state index contributed by atoms with van der Waals surface area (Å²) in [4.78, 5) is 17.6. The highest BCUT2D eigenvalue weighted by atomic mass is 35.5. The molecule has 1 aliphatic rings. The number of hydrogen-bond acceptors (Lipinski definition) is 4. The third kappa shape index (κ3) is 4.47. The Morgan fingerprint density at radius 1 is 1.48 bits per heavy atom. The van der Waals surface area contributed by atoms with Gasteiger partial charge in [-0.05, 0) is 24.3 Å². The fourth-order valence-electron chi connectivity index (χ4n) is 1.67. The van der Waals surface area contributed by atoms with Crippen molar-refractivity contribution in [3.8, 4) is 5.75 Å². The molecule has 21 heavy (non-hydrogen) atoms. The number of amides is 2. The highest BCUT2D eigenvalue weighted by Gasteiger charge is 2.14. The molecule has 1 heterocycles. The Morgan fingerprint density at radius 3 is 3.05 bits per heavy atom. The average Bonchev–Trinajstić information content (AvgIpc) is 2.50. The summed E-state index contributed by atoms with van der Waals surface area (Å²) in [5.41, 5.74) is 0.506. The van der Waals surface area contributed by atoms with Gasteiger partial charge in [-0.2, -0.15) is 0 Å². The fraction of sp³-hybridized carbons (Fsp3) is 0.286. The molecule has 0 atom stereocenters. The van der Waals surface area contributed by atoms with E-state index in [4.69, 9.17) is 21.1 Å². The highest BCUT2D eigenvalue weighted by molar-refractivity contribution is 6.31. The second-order valence-electron chi connectivity index (χ2n) is 4.20. The van der Waals surface area contributed by atoms with Crippen LogP contribution in [0.2, 0.25) is 5.02 Å². The predicted molar refractivity (Wildman–Crippen MR) is 82.2 cm³/mol. The smallest absolute Gasteiger partial charge is 0.327 e. The minimum Gasteiger partial charge on any atom is -0.489 e. The molecule has 0 radical (unpaired) electrons. The van der Waals surface area contributed by atoms with E-state index in [0.717, 1.165) is 0 Å². The number of rotatable bonds is 5. The standard InChI is InChI=1S/C14H16ClN3O3/c1-20-7-8-21-13-4-3-11(15)9-12(13)17-14(19)18-6-2-5-16-10-18/h2-6,9H,7-8,10H2,1H3,(H,17,19). The lowest BCUT2D eigenvalue weighted by atomic mass is 10.3. The molecule has 0 aromatic heterocycles. The maximum Gasteiger partial charge on any atom is 0.327 e. The first-order valence-electron chi connectivity index (χ1n) is 6.36. The Balaban J connectivity index is 2.06. The van der Waals surface area contributed by atoms with Crippen LogP contribution in [0.3, 0.4) is 0 Å². The summed E-state index contributed by atoms with van der Waals surface area (Å²) < 4.78 is 10.5. The topological polar surface area (TPSA) is 63.2 Å². The summed E-state index contributed by atoms with van der Waals surface area (Å²) in [5, 5.41) is 3.27. The van der Waals surface area contributed by atoms with E-state index in [1.165, 1.54) is 4.90 Å². The molecule has 0 unspecified atom stereocenters.